The molecule has 1 aromatic rings. The van der Waals surface area contributed by atoms with Gasteiger partial charge in [-0.05, 0) is 47.5 Å². The summed E-state index contributed by atoms with van der Waals surface area (Å²) in [5.74, 6) is 0. The van der Waals surface area contributed by atoms with Crippen molar-refractivity contribution in [3.05, 3.63) is 33.3 Å². The van der Waals surface area contributed by atoms with E-state index in [-0.39, 0.29) is 18.2 Å². The highest BCUT2D eigenvalue weighted by Gasteiger charge is 2.28. The fourth-order valence-electron chi connectivity index (χ4n) is 2.69. The van der Waals surface area contributed by atoms with Crippen molar-refractivity contribution in [2.45, 2.75) is 32.1 Å². The third-order valence-corrected chi connectivity index (χ3v) is 4.65. The van der Waals surface area contributed by atoms with Crippen molar-refractivity contribution in [2.75, 3.05) is 19.6 Å². The summed E-state index contributed by atoms with van der Waals surface area (Å²) in [7, 11) is 0. The van der Waals surface area contributed by atoms with E-state index in [0.717, 1.165) is 22.6 Å². The van der Waals surface area contributed by atoms with Gasteiger partial charge >= 0.3 is 0 Å². The van der Waals surface area contributed by atoms with Gasteiger partial charge in [-0.1, -0.05) is 17.7 Å². The van der Waals surface area contributed by atoms with Crippen LogP contribution in [-0.2, 0) is 4.74 Å². The lowest BCUT2D eigenvalue weighted by atomic mass is 10.0. The minimum atomic E-state index is 0.211. The average molecular weight is 348 g/mol. The molecule has 1 aromatic carbocycles. The molecule has 1 heterocycles. The number of nitrogens with zero attached hydrogens (tertiary/aromatic N) is 1. The maximum atomic E-state index is 6.05. The molecule has 0 aliphatic carbocycles. The van der Waals surface area contributed by atoms with Crippen molar-refractivity contribution in [3.8, 4) is 0 Å². The van der Waals surface area contributed by atoms with Gasteiger partial charge in [0, 0.05) is 30.1 Å². The summed E-state index contributed by atoms with van der Waals surface area (Å²) in [5.41, 5.74) is 7.18. The van der Waals surface area contributed by atoms with E-state index in [1.54, 1.807) is 0 Å². The molecule has 0 spiro atoms. The summed E-state index contributed by atoms with van der Waals surface area (Å²) in [5, 5.41) is 0.725. The largest absolute Gasteiger partial charge is 0.373 e. The monoisotopic (exact) mass is 346 g/mol. The zero-order valence-electron chi connectivity index (χ0n) is 11.3. The highest BCUT2D eigenvalue weighted by molar-refractivity contribution is 9.10. The Morgan fingerprint density at radius 3 is 2.58 bits per heavy atom. The highest BCUT2D eigenvalue weighted by Crippen LogP contribution is 2.29. The number of rotatable bonds is 3. The zero-order valence-corrected chi connectivity index (χ0v) is 13.6. The lowest BCUT2D eigenvalue weighted by Gasteiger charge is -2.40. The van der Waals surface area contributed by atoms with Gasteiger partial charge in [0.2, 0.25) is 0 Å². The van der Waals surface area contributed by atoms with E-state index in [9.17, 15) is 0 Å². The van der Waals surface area contributed by atoms with E-state index >= 15 is 0 Å². The second-order valence-electron chi connectivity index (χ2n) is 5.14. The van der Waals surface area contributed by atoms with E-state index in [2.05, 4.69) is 46.8 Å². The molecule has 19 heavy (non-hydrogen) atoms. The van der Waals surface area contributed by atoms with Gasteiger partial charge in [-0.2, -0.15) is 0 Å². The third-order valence-electron chi connectivity index (χ3n) is 3.44. The fourth-order valence-corrected chi connectivity index (χ4v) is 3.20. The highest BCUT2D eigenvalue weighted by atomic mass is 79.9. The second kappa shape index (κ2) is 6.55. The van der Waals surface area contributed by atoms with Crippen molar-refractivity contribution >= 4 is 27.5 Å². The van der Waals surface area contributed by atoms with Crippen LogP contribution in [0.2, 0.25) is 5.02 Å². The molecule has 0 saturated carbocycles. The molecule has 1 saturated heterocycles. The first kappa shape index (κ1) is 15.3. The van der Waals surface area contributed by atoms with Crippen LogP contribution in [0.15, 0.2) is 22.7 Å². The Labute approximate surface area is 128 Å². The van der Waals surface area contributed by atoms with Gasteiger partial charge in [0.25, 0.3) is 0 Å². The molecule has 0 aromatic heterocycles. The molecule has 3 atom stereocenters. The summed E-state index contributed by atoms with van der Waals surface area (Å²) in [6.45, 7) is 6.62. The van der Waals surface area contributed by atoms with Crippen LogP contribution < -0.4 is 5.73 Å². The maximum absolute atomic E-state index is 6.05. The van der Waals surface area contributed by atoms with E-state index in [1.807, 2.05) is 6.07 Å². The van der Waals surface area contributed by atoms with Gasteiger partial charge in [-0.25, -0.2) is 0 Å². The van der Waals surface area contributed by atoms with Crippen molar-refractivity contribution in [3.63, 3.8) is 0 Å². The van der Waals surface area contributed by atoms with Crippen LogP contribution in [0.3, 0.4) is 0 Å². The molecule has 1 aliphatic rings. The zero-order chi connectivity index (χ0) is 14.0. The first-order valence-corrected chi connectivity index (χ1v) is 7.73. The van der Waals surface area contributed by atoms with E-state index < -0.39 is 0 Å². The van der Waals surface area contributed by atoms with Crippen molar-refractivity contribution < 1.29 is 4.74 Å². The van der Waals surface area contributed by atoms with Crippen LogP contribution in [0.1, 0.15) is 25.5 Å². The Morgan fingerprint density at radius 1 is 1.42 bits per heavy atom. The number of morpholine rings is 1. The molecule has 0 amide bonds. The number of hydrogen-bond donors (Lipinski definition) is 1. The molecule has 1 aliphatic heterocycles. The molecule has 3 nitrogen and oxygen atoms in total. The van der Waals surface area contributed by atoms with Crippen LogP contribution in [0, 0.1) is 0 Å². The predicted molar refractivity (Wildman–Crippen MR) is 82.5 cm³/mol. The van der Waals surface area contributed by atoms with Crippen molar-refractivity contribution in [1.29, 1.82) is 0 Å². The predicted octanol–water partition coefficient (Wildman–Crippen LogP) is 3.21. The van der Waals surface area contributed by atoms with Crippen molar-refractivity contribution in [1.82, 2.24) is 4.90 Å². The van der Waals surface area contributed by atoms with Crippen LogP contribution in [0.4, 0.5) is 0 Å². The summed E-state index contributed by atoms with van der Waals surface area (Å²) in [6.07, 6.45) is 0.488. The first-order valence-electron chi connectivity index (χ1n) is 6.55. The normalized spacial score (nSPS) is 26.4. The van der Waals surface area contributed by atoms with Gasteiger partial charge in [0.15, 0.2) is 0 Å². The average Bonchev–Trinajstić information content (AvgIpc) is 2.33. The number of benzene rings is 1. The Bertz CT molecular complexity index is 433. The summed E-state index contributed by atoms with van der Waals surface area (Å²) >= 11 is 9.52. The molecular formula is C14H20BrClN2O. The number of nitrogens with two attached hydrogens (primary N) is 1. The number of ether oxygens (including phenoxy) is 1. The molecule has 106 valence electrons. The summed E-state index contributed by atoms with van der Waals surface area (Å²) in [4.78, 5) is 2.40. The summed E-state index contributed by atoms with van der Waals surface area (Å²) in [6, 6.07) is 6.24. The van der Waals surface area contributed by atoms with Gasteiger partial charge in [-0.15, -0.1) is 0 Å². The molecule has 1 fully saturated rings. The lowest BCUT2D eigenvalue weighted by Crippen LogP contribution is -2.48. The van der Waals surface area contributed by atoms with Gasteiger partial charge < -0.3 is 10.5 Å². The van der Waals surface area contributed by atoms with Gasteiger partial charge in [0.1, 0.15) is 0 Å². The maximum Gasteiger partial charge on any atom is 0.0678 e. The molecule has 0 radical (unpaired) electrons. The molecule has 2 rings (SSSR count). The minimum Gasteiger partial charge on any atom is -0.373 e. The SMILES string of the molecule is CC1CN(C(CN)c2ccc(Cl)c(Br)c2)CC(C)O1. The summed E-state index contributed by atoms with van der Waals surface area (Å²) < 4.78 is 6.69. The molecular weight excluding hydrogens is 328 g/mol. The van der Waals surface area contributed by atoms with Gasteiger partial charge in [-0.3, -0.25) is 4.90 Å². The molecule has 2 N–H and O–H groups in total. The van der Waals surface area contributed by atoms with E-state index in [0.29, 0.717) is 6.54 Å². The Kier molecular flexibility index (Phi) is 5.26. The third kappa shape index (κ3) is 3.70. The first-order chi connectivity index (χ1) is 9.01. The molecule has 3 unspecified atom stereocenters. The minimum absolute atomic E-state index is 0.211. The van der Waals surface area contributed by atoms with Crippen LogP contribution >= 0.6 is 27.5 Å². The van der Waals surface area contributed by atoms with Gasteiger partial charge in [0.05, 0.1) is 17.2 Å². The van der Waals surface area contributed by atoms with Crippen LogP contribution in [0.25, 0.3) is 0 Å². The van der Waals surface area contributed by atoms with E-state index in [4.69, 9.17) is 22.1 Å². The standard InChI is InChI=1S/C14H20BrClN2O/c1-9-7-18(8-10(2)19-9)14(6-17)11-3-4-13(16)12(15)5-11/h3-5,9-10,14H,6-8,17H2,1-2H3. The lowest BCUT2D eigenvalue weighted by molar-refractivity contribution is -0.0799. The second-order valence-corrected chi connectivity index (χ2v) is 6.40. The number of hydrogen-bond acceptors (Lipinski definition) is 3. The van der Waals surface area contributed by atoms with Crippen LogP contribution in [0.5, 0.6) is 0 Å². The molecule has 5 heteroatoms. The fraction of sp³-hybridized carbons (Fsp3) is 0.571. The quantitative estimate of drug-likeness (QED) is 0.912. The van der Waals surface area contributed by atoms with Crippen molar-refractivity contribution in [2.24, 2.45) is 5.73 Å². The topological polar surface area (TPSA) is 38.5 Å². The van der Waals surface area contributed by atoms with Crippen LogP contribution in [-0.4, -0.2) is 36.7 Å². The smallest absolute Gasteiger partial charge is 0.0678 e. The Morgan fingerprint density at radius 2 is 2.05 bits per heavy atom. The Hall–Kier alpha value is -0.130. The Balaban J connectivity index is 2.21. The number of halogens is 2. The van der Waals surface area contributed by atoms with E-state index in [1.165, 1.54) is 5.56 Å². The molecule has 0 bridgehead atoms.